The molecule has 19 heavy (non-hydrogen) atoms. The van der Waals surface area contributed by atoms with Gasteiger partial charge in [0, 0.05) is 16.3 Å². The van der Waals surface area contributed by atoms with Crippen molar-refractivity contribution < 1.29 is 4.79 Å². The van der Waals surface area contributed by atoms with Crippen molar-refractivity contribution in [1.82, 2.24) is 9.97 Å². The second kappa shape index (κ2) is 4.51. The minimum Gasteiger partial charge on any atom is -0.351 e. The average Bonchev–Trinajstić information content (AvgIpc) is 2.95. The lowest BCUT2D eigenvalue weighted by atomic mass is 10.2. The summed E-state index contributed by atoms with van der Waals surface area (Å²) in [6, 6.07) is 7.91. The molecule has 0 saturated heterocycles. The number of carbonyl (C=O) groups excluding carboxylic acids is 1. The van der Waals surface area contributed by atoms with E-state index in [4.69, 9.17) is 0 Å². The van der Waals surface area contributed by atoms with Crippen LogP contribution in [-0.4, -0.2) is 15.9 Å². The third-order valence-electron chi connectivity index (χ3n) is 2.86. The Morgan fingerprint density at radius 2 is 2.16 bits per heavy atom. The number of anilines is 1. The summed E-state index contributed by atoms with van der Waals surface area (Å²) in [6.07, 6.45) is 0. The maximum atomic E-state index is 12.1. The summed E-state index contributed by atoms with van der Waals surface area (Å²) >= 11 is 1.42. The van der Waals surface area contributed by atoms with Crippen molar-refractivity contribution in [1.29, 1.82) is 0 Å². The van der Waals surface area contributed by atoms with Gasteiger partial charge >= 0.3 is 0 Å². The SMILES string of the molecule is Cc1ccc2cc(C(=O)Nc3nc(C)cs3)[nH]c2c1. The molecule has 0 bridgehead atoms. The van der Waals surface area contributed by atoms with Crippen LogP contribution in [0.1, 0.15) is 21.7 Å². The van der Waals surface area contributed by atoms with Gasteiger partial charge in [0.2, 0.25) is 0 Å². The number of aromatic amines is 1. The van der Waals surface area contributed by atoms with Crippen molar-refractivity contribution in [3.8, 4) is 0 Å². The molecule has 2 N–H and O–H groups in total. The number of aryl methyl sites for hydroxylation is 2. The Balaban J connectivity index is 1.89. The normalized spacial score (nSPS) is 10.8. The quantitative estimate of drug-likeness (QED) is 0.749. The van der Waals surface area contributed by atoms with Crippen LogP contribution in [0.15, 0.2) is 29.6 Å². The van der Waals surface area contributed by atoms with E-state index >= 15 is 0 Å². The number of rotatable bonds is 2. The van der Waals surface area contributed by atoms with E-state index in [0.29, 0.717) is 10.8 Å². The van der Waals surface area contributed by atoms with Crippen LogP contribution in [0, 0.1) is 13.8 Å². The summed E-state index contributed by atoms with van der Waals surface area (Å²) < 4.78 is 0. The Hall–Kier alpha value is -2.14. The van der Waals surface area contributed by atoms with E-state index in [1.165, 1.54) is 11.3 Å². The molecule has 0 unspecified atom stereocenters. The Kier molecular flexibility index (Phi) is 2.83. The number of amides is 1. The first-order valence-corrected chi connectivity index (χ1v) is 6.82. The van der Waals surface area contributed by atoms with Gasteiger partial charge in [0.15, 0.2) is 5.13 Å². The molecule has 0 saturated carbocycles. The lowest BCUT2D eigenvalue weighted by Crippen LogP contribution is -2.11. The summed E-state index contributed by atoms with van der Waals surface area (Å²) in [5.41, 5.74) is 3.60. The highest BCUT2D eigenvalue weighted by molar-refractivity contribution is 7.13. The second-order valence-electron chi connectivity index (χ2n) is 4.52. The maximum absolute atomic E-state index is 12.1. The zero-order valence-corrected chi connectivity index (χ0v) is 11.5. The molecule has 2 aromatic heterocycles. The number of nitrogens with one attached hydrogen (secondary N) is 2. The van der Waals surface area contributed by atoms with E-state index in [2.05, 4.69) is 15.3 Å². The molecule has 5 heteroatoms. The summed E-state index contributed by atoms with van der Waals surface area (Å²) in [7, 11) is 0. The molecule has 0 spiro atoms. The first-order chi connectivity index (χ1) is 9.11. The van der Waals surface area contributed by atoms with Crippen molar-refractivity contribution in [3.63, 3.8) is 0 Å². The van der Waals surface area contributed by atoms with Crippen LogP contribution in [0.5, 0.6) is 0 Å². The minimum absolute atomic E-state index is 0.164. The van der Waals surface area contributed by atoms with Gasteiger partial charge in [0.25, 0.3) is 5.91 Å². The Bertz CT molecular complexity index is 757. The van der Waals surface area contributed by atoms with Gasteiger partial charge in [0.1, 0.15) is 5.69 Å². The van der Waals surface area contributed by atoms with E-state index in [9.17, 15) is 4.79 Å². The van der Waals surface area contributed by atoms with Crippen LogP contribution in [0.2, 0.25) is 0 Å². The highest BCUT2D eigenvalue weighted by Gasteiger charge is 2.11. The van der Waals surface area contributed by atoms with Crippen molar-refractivity contribution in [2.45, 2.75) is 13.8 Å². The van der Waals surface area contributed by atoms with Crippen molar-refractivity contribution >= 4 is 33.3 Å². The Labute approximate surface area is 114 Å². The highest BCUT2D eigenvalue weighted by Crippen LogP contribution is 2.19. The predicted molar refractivity (Wildman–Crippen MR) is 77.8 cm³/mol. The Morgan fingerprint density at radius 1 is 1.32 bits per heavy atom. The van der Waals surface area contributed by atoms with Crippen LogP contribution in [-0.2, 0) is 0 Å². The lowest BCUT2D eigenvalue weighted by molar-refractivity contribution is 0.102. The van der Waals surface area contributed by atoms with Gasteiger partial charge in [-0.15, -0.1) is 11.3 Å². The molecule has 0 fully saturated rings. The maximum Gasteiger partial charge on any atom is 0.273 e. The zero-order valence-electron chi connectivity index (χ0n) is 10.7. The van der Waals surface area contributed by atoms with Gasteiger partial charge in [-0.1, -0.05) is 12.1 Å². The molecule has 1 amide bonds. The first-order valence-electron chi connectivity index (χ1n) is 5.95. The van der Waals surface area contributed by atoms with Gasteiger partial charge in [-0.05, 0) is 31.5 Å². The van der Waals surface area contributed by atoms with E-state index in [-0.39, 0.29) is 5.91 Å². The Morgan fingerprint density at radius 3 is 2.89 bits per heavy atom. The topological polar surface area (TPSA) is 57.8 Å². The van der Waals surface area contributed by atoms with Gasteiger partial charge in [-0.3, -0.25) is 10.1 Å². The number of benzene rings is 1. The standard InChI is InChI=1S/C14H13N3OS/c1-8-3-4-10-6-12(16-11(10)5-8)13(18)17-14-15-9(2)7-19-14/h3-7,16H,1-2H3,(H,15,17,18). The molecule has 2 heterocycles. The number of hydrogen-bond donors (Lipinski definition) is 2. The van der Waals surface area contributed by atoms with E-state index in [1.807, 2.05) is 43.5 Å². The predicted octanol–water partition coefficient (Wildman–Crippen LogP) is 3.49. The zero-order chi connectivity index (χ0) is 13.4. The first kappa shape index (κ1) is 11.9. The largest absolute Gasteiger partial charge is 0.351 e. The van der Waals surface area contributed by atoms with Gasteiger partial charge in [-0.2, -0.15) is 0 Å². The van der Waals surface area contributed by atoms with E-state index in [0.717, 1.165) is 22.2 Å². The van der Waals surface area contributed by atoms with Crippen molar-refractivity contribution in [2.75, 3.05) is 5.32 Å². The third-order valence-corrected chi connectivity index (χ3v) is 3.74. The fourth-order valence-corrected chi connectivity index (χ4v) is 2.62. The summed E-state index contributed by atoms with van der Waals surface area (Å²) in [4.78, 5) is 19.4. The molecule has 4 nitrogen and oxygen atoms in total. The number of carbonyl (C=O) groups is 1. The molecule has 3 rings (SSSR count). The summed E-state index contributed by atoms with van der Waals surface area (Å²) in [5, 5.41) is 6.35. The molecular formula is C14H13N3OS. The average molecular weight is 271 g/mol. The summed E-state index contributed by atoms with van der Waals surface area (Å²) in [6.45, 7) is 3.93. The van der Waals surface area contributed by atoms with Gasteiger partial charge in [0.05, 0.1) is 5.69 Å². The highest BCUT2D eigenvalue weighted by atomic mass is 32.1. The molecule has 0 radical (unpaired) electrons. The van der Waals surface area contributed by atoms with Crippen LogP contribution in [0.25, 0.3) is 10.9 Å². The molecule has 1 aromatic carbocycles. The number of thiazole rings is 1. The fourth-order valence-electron chi connectivity index (χ4n) is 1.94. The van der Waals surface area contributed by atoms with Crippen LogP contribution >= 0.6 is 11.3 Å². The molecule has 0 aliphatic rings. The smallest absolute Gasteiger partial charge is 0.273 e. The number of H-pyrrole nitrogens is 1. The molecule has 0 aliphatic carbocycles. The molecular weight excluding hydrogens is 258 g/mol. The number of aromatic nitrogens is 2. The molecule has 96 valence electrons. The van der Waals surface area contributed by atoms with Crippen LogP contribution < -0.4 is 5.32 Å². The molecule has 0 aliphatic heterocycles. The monoisotopic (exact) mass is 271 g/mol. The number of fused-ring (bicyclic) bond motifs is 1. The molecule has 0 atom stereocenters. The lowest BCUT2D eigenvalue weighted by Gasteiger charge is -1.97. The van der Waals surface area contributed by atoms with Crippen molar-refractivity contribution in [2.24, 2.45) is 0 Å². The summed E-state index contributed by atoms with van der Waals surface area (Å²) in [5.74, 6) is -0.164. The third kappa shape index (κ3) is 2.37. The fraction of sp³-hybridized carbons (Fsp3) is 0.143. The number of nitrogens with zero attached hydrogens (tertiary/aromatic N) is 1. The van der Waals surface area contributed by atoms with Crippen LogP contribution in [0.4, 0.5) is 5.13 Å². The van der Waals surface area contributed by atoms with E-state index in [1.54, 1.807) is 0 Å². The van der Waals surface area contributed by atoms with Crippen LogP contribution in [0.3, 0.4) is 0 Å². The molecule has 3 aromatic rings. The second-order valence-corrected chi connectivity index (χ2v) is 5.38. The van der Waals surface area contributed by atoms with Gasteiger partial charge in [-0.25, -0.2) is 4.98 Å². The van der Waals surface area contributed by atoms with Gasteiger partial charge < -0.3 is 4.98 Å². The minimum atomic E-state index is -0.164. The van der Waals surface area contributed by atoms with E-state index < -0.39 is 0 Å². The van der Waals surface area contributed by atoms with Crippen molar-refractivity contribution in [3.05, 3.63) is 46.6 Å². The number of hydrogen-bond acceptors (Lipinski definition) is 3.